The van der Waals surface area contributed by atoms with Gasteiger partial charge in [-0.3, -0.25) is 0 Å². The Morgan fingerprint density at radius 2 is 2.10 bits per heavy atom. The van der Waals surface area contributed by atoms with Crippen molar-refractivity contribution in [3.05, 3.63) is 29.6 Å². The molecule has 20 heavy (non-hydrogen) atoms. The summed E-state index contributed by atoms with van der Waals surface area (Å²) in [4.78, 5) is 2.26. The van der Waals surface area contributed by atoms with Gasteiger partial charge >= 0.3 is 0 Å². The second-order valence-electron chi connectivity index (χ2n) is 5.19. The lowest BCUT2D eigenvalue weighted by Crippen LogP contribution is -2.33. The molecule has 1 N–H and O–H groups in total. The van der Waals surface area contributed by atoms with E-state index in [0.29, 0.717) is 19.2 Å². The van der Waals surface area contributed by atoms with Gasteiger partial charge in [0.25, 0.3) is 0 Å². The minimum Gasteiger partial charge on any atom is -0.383 e. The number of hydrogen-bond acceptors (Lipinski definition) is 3. The molecule has 0 saturated heterocycles. The Kier molecular flexibility index (Phi) is 7.55. The van der Waals surface area contributed by atoms with Gasteiger partial charge in [0.1, 0.15) is 5.82 Å². The summed E-state index contributed by atoms with van der Waals surface area (Å²) >= 11 is 0. The van der Waals surface area contributed by atoms with Crippen molar-refractivity contribution in [2.24, 2.45) is 0 Å². The topological polar surface area (TPSA) is 24.5 Å². The first kappa shape index (κ1) is 16.9. The van der Waals surface area contributed by atoms with Gasteiger partial charge in [0.05, 0.1) is 6.61 Å². The highest BCUT2D eigenvalue weighted by atomic mass is 19.1. The van der Waals surface area contributed by atoms with E-state index < -0.39 is 0 Å². The molecule has 4 heteroatoms. The summed E-state index contributed by atoms with van der Waals surface area (Å²) in [5.74, 6) is -0.144. The first-order chi connectivity index (χ1) is 9.61. The van der Waals surface area contributed by atoms with Crippen molar-refractivity contribution in [1.29, 1.82) is 0 Å². The first-order valence-electron chi connectivity index (χ1n) is 7.35. The van der Waals surface area contributed by atoms with Crippen molar-refractivity contribution >= 4 is 5.69 Å². The summed E-state index contributed by atoms with van der Waals surface area (Å²) in [7, 11) is 1.66. The van der Waals surface area contributed by atoms with Gasteiger partial charge in [-0.15, -0.1) is 0 Å². The van der Waals surface area contributed by atoms with Gasteiger partial charge in [-0.2, -0.15) is 0 Å². The van der Waals surface area contributed by atoms with E-state index >= 15 is 0 Å². The van der Waals surface area contributed by atoms with Crippen LogP contribution >= 0.6 is 0 Å². The van der Waals surface area contributed by atoms with Crippen LogP contribution in [-0.2, 0) is 11.3 Å². The molecule has 0 aromatic heterocycles. The van der Waals surface area contributed by atoms with Gasteiger partial charge in [0.15, 0.2) is 0 Å². The van der Waals surface area contributed by atoms with E-state index in [1.54, 1.807) is 13.2 Å². The lowest BCUT2D eigenvalue weighted by Gasteiger charge is -2.31. The maximum Gasteiger partial charge on any atom is 0.129 e. The number of rotatable bonds is 9. The van der Waals surface area contributed by atoms with Crippen LogP contribution in [0.1, 0.15) is 32.8 Å². The molecule has 0 saturated carbocycles. The average molecular weight is 282 g/mol. The zero-order chi connectivity index (χ0) is 15.0. The van der Waals surface area contributed by atoms with Crippen LogP contribution in [0.4, 0.5) is 10.1 Å². The molecule has 3 nitrogen and oxygen atoms in total. The largest absolute Gasteiger partial charge is 0.383 e. The summed E-state index contributed by atoms with van der Waals surface area (Å²) in [6, 6.07) is 5.68. The minimum absolute atomic E-state index is 0.144. The normalized spacial score (nSPS) is 11.1. The van der Waals surface area contributed by atoms with E-state index in [9.17, 15) is 4.39 Å². The highest BCUT2D eigenvalue weighted by Gasteiger charge is 2.16. The van der Waals surface area contributed by atoms with Gasteiger partial charge in [0.2, 0.25) is 0 Å². The molecule has 0 aliphatic heterocycles. The van der Waals surface area contributed by atoms with Crippen LogP contribution in [0.15, 0.2) is 18.2 Å². The Bertz CT molecular complexity index is 396. The predicted octanol–water partition coefficient (Wildman–Crippen LogP) is 3.19. The summed E-state index contributed by atoms with van der Waals surface area (Å²) in [6.45, 7) is 9.24. The van der Waals surface area contributed by atoms with Gasteiger partial charge in [-0.05, 0) is 32.4 Å². The van der Waals surface area contributed by atoms with Crippen molar-refractivity contribution in [1.82, 2.24) is 5.32 Å². The number of hydrogen-bond donors (Lipinski definition) is 1. The van der Waals surface area contributed by atoms with Gasteiger partial charge in [-0.25, -0.2) is 4.39 Å². The van der Waals surface area contributed by atoms with E-state index in [4.69, 9.17) is 4.74 Å². The van der Waals surface area contributed by atoms with Gasteiger partial charge in [0, 0.05) is 44.0 Å². The van der Waals surface area contributed by atoms with Crippen LogP contribution < -0.4 is 10.2 Å². The van der Waals surface area contributed by atoms with E-state index in [2.05, 4.69) is 31.0 Å². The molecule has 0 aliphatic carbocycles. The monoisotopic (exact) mass is 282 g/mol. The lowest BCUT2D eigenvalue weighted by molar-refractivity contribution is 0.199. The summed E-state index contributed by atoms with van der Waals surface area (Å²) in [6.07, 6.45) is 1.05. The zero-order valence-corrected chi connectivity index (χ0v) is 13.1. The number of anilines is 1. The molecular formula is C16H27FN2O. The van der Waals surface area contributed by atoms with Crippen LogP contribution in [0.2, 0.25) is 0 Å². The van der Waals surface area contributed by atoms with E-state index in [1.165, 1.54) is 6.07 Å². The van der Waals surface area contributed by atoms with Crippen molar-refractivity contribution in [3.8, 4) is 0 Å². The van der Waals surface area contributed by atoms with Crippen molar-refractivity contribution in [2.75, 3.05) is 31.7 Å². The van der Waals surface area contributed by atoms with Crippen molar-refractivity contribution in [3.63, 3.8) is 0 Å². The Balaban J connectivity index is 2.90. The van der Waals surface area contributed by atoms with Gasteiger partial charge < -0.3 is 15.0 Å². The second kappa shape index (κ2) is 8.93. The Morgan fingerprint density at radius 1 is 1.35 bits per heavy atom. The van der Waals surface area contributed by atoms with Crippen LogP contribution in [0, 0.1) is 5.82 Å². The number of nitrogens with one attached hydrogen (secondary N) is 1. The number of ether oxygens (including phenoxy) is 1. The highest BCUT2D eigenvalue weighted by molar-refractivity contribution is 5.54. The van der Waals surface area contributed by atoms with Crippen molar-refractivity contribution in [2.45, 2.75) is 39.8 Å². The molecule has 0 bridgehead atoms. The molecule has 0 spiro atoms. The lowest BCUT2D eigenvalue weighted by atomic mass is 10.1. The smallest absolute Gasteiger partial charge is 0.129 e. The van der Waals surface area contributed by atoms with E-state index in [0.717, 1.165) is 30.8 Å². The minimum atomic E-state index is -0.144. The fraction of sp³-hybridized carbons (Fsp3) is 0.625. The molecule has 1 aromatic carbocycles. The maximum absolute atomic E-state index is 14.1. The van der Waals surface area contributed by atoms with Crippen LogP contribution in [-0.4, -0.2) is 32.8 Å². The Morgan fingerprint density at radius 3 is 2.70 bits per heavy atom. The van der Waals surface area contributed by atoms with E-state index in [-0.39, 0.29) is 5.82 Å². The number of nitrogens with zero attached hydrogens (tertiary/aromatic N) is 1. The molecule has 0 aliphatic rings. The third-order valence-electron chi connectivity index (χ3n) is 3.28. The van der Waals surface area contributed by atoms with Gasteiger partial charge in [-0.1, -0.05) is 13.0 Å². The average Bonchev–Trinajstić information content (AvgIpc) is 2.42. The first-order valence-corrected chi connectivity index (χ1v) is 7.35. The van der Waals surface area contributed by atoms with E-state index in [1.807, 2.05) is 6.07 Å². The summed E-state index contributed by atoms with van der Waals surface area (Å²) < 4.78 is 19.1. The number of methoxy groups -OCH3 is 1. The number of benzene rings is 1. The fourth-order valence-electron chi connectivity index (χ4n) is 2.28. The number of halogens is 1. The Hall–Kier alpha value is -1.13. The summed E-state index contributed by atoms with van der Waals surface area (Å²) in [5, 5.41) is 3.23. The molecule has 0 amide bonds. The van der Waals surface area contributed by atoms with Crippen LogP contribution in [0.5, 0.6) is 0 Å². The molecule has 114 valence electrons. The summed E-state index contributed by atoms with van der Waals surface area (Å²) in [5.41, 5.74) is 1.73. The molecule has 1 aromatic rings. The zero-order valence-electron chi connectivity index (χ0n) is 13.1. The molecule has 0 atom stereocenters. The molecule has 1 rings (SSSR count). The quantitative estimate of drug-likeness (QED) is 0.704. The standard InChI is InChI=1S/C16H27FN2O/c1-5-10-19(13(2)3)16-8-6-7-15(17)14(16)12-18-9-11-20-4/h6-8,13,18H,5,9-12H2,1-4H3. The third kappa shape index (κ3) is 4.76. The molecule has 0 heterocycles. The molecule has 0 unspecified atom stereocenters. The predicted molar refractivity (Wildman–Crippen MR) is 82.8 cm³/mol. The third-order valence-corrected chi connectivity index (χ3v) is 3.28. The highest BCUT2D eigenvalue weighted by Crippen LogP contribution is 2.25. The maximum atomic E-state index is 14.1. The van der Waals surface area contributed by atoms with Crippen LogP contribution in [0.25, 0.3) is 0 Å². The Labute approximate surface area is 122 Å². The molecular weight excluding hydrogens is 255 g/mol. The SMILES string of the molecule is CCCN(c1cccc(F)c1CNCCOC)C(C)C. The molecule has 0 fully saturated rings. The fourth-order valence-corrected chi connectivity index (χ4v) is 2.28. The second-order valence-corrected chi connectivity index (χ2v) is 5.19. The van der Waals surface area contributed by atoms with Crippen LogP contribution in [0.3, 0.4) is 0 Å². The molecule has 0 radical (unpaired) electrons. The van der Waals surface area contributed by atoms with Crippen molar-refractivity contribution < 1.29 is 9.13 Å².